The summed E-state index contributed by atoms with van der Waals surface area (Å²) in [4.78, 5) is 11.4. The van der Waals surface area contributed by atoms with Gasteiger partial charge in [-0.3, -0.25) is 4.79 Å². The van der Waals surface area contributed by atoms with Crippen LogP contribution in [-0.2, 0) is 11.2 Å². The van der Waals surface area contributed by atoms with E-state index in [0.717, 1.165) is 17.7 Å². The van der Waals surface area contributed by atoms with Crippen molar-refractivity contribution in [2.24, 2.45) is 0 Å². The summed E-state index contributed by atoms with van der Waals surface area (Å²) in [6.45, 7) is 1.35. The van der Waals surface area contributed by atoms with Crippen LogP contribution in [0.1, 0.15) is 12.0 Å². The first-order chi connectivity index (χ1) is 9.79. The number of hydrogen-bond acceptors (Lipinski definition) is 3. The molecular formula is C15H20N4O. The summed E-state index contributed by atoms with van der Waals surface area (Å²) in [6.07, 6.45) is 5.14. The molecule has 0 atom stereocenters. The molecule has 0 saturated heterocycles. The zero-order valence-electron chi connectivity index (χ0n) is 11.7. The van der Waals surface area contributed by atoms with Gasteiger partial charge in [-0.25, -0.2) is 4.68 Å². The number of hydrogen-bond donors (Lipinski definition) is 2. The molecule has 1 heterocycles. The summed E-state index contributed by atoms with van der Waals surface area (Å²) >= 11 is 0. The van der Waals surface area contributed by atoms with Crippen LogP contribution in [0.2, 0.25) is 0 Å². The fraction of sp³-hybridized carbons (Fsp3) is 0.333. The second-order valence-corrected chi connectivity index (χ2v) is 4.58. The second kappa shape index (κ2) is 7.45. The Kier molecular flexibility index (Phi) is 5.32. The van der Waals surface area contributed by atoms with Crippen LogP contribution in [0.3, 0.4) is 0 Å². The number of amides is 1. The first-order valence-corrected chi connectivity index (χ1v) is 6.80. The van der Waals surface area contributed by atoms with Gasteiger partial charge in [-0.05, 0) is 31.2 Å². The molecule has 2 rings (SSSR count). The summed E-state index contributed by atoms with van der Waals surface area (Å²) in [5.41, 5.74) is 2.15. The van der Waals surface area contributed by atoms with Crippen LogP contribution in [0.15, 0.2) is 42.7 Å². The average Bonchev–Trinajstić information content (AvgIpc) is 2.95. The molecule has 106 valence electrons. The summed E-state index contributed by atoms with van der Waals surface area (Å²) in [5, 5.41) is 10.2. The lowest BCUT2D eigenvalue weighted by Crippen LogP contribution is -2.28. The van der Waals surface area contributed by atoms with Crippen LogP contribution >= 0.6 is 0 Å². The highest BCUT2D eigenvalue weighted by Gasteiger charge is 2.02. The maximum absolute atomic E-state index is 11.4. The van der Waals surface area contributed by atoms with Crippen molar-refractivity contribution < 1.29 is 4.79 Å². The third-order valence-electron chi connectivity index (χ3n) is 2.99. The summed E-state index contributed by atoms with van der Waals surface area (Å²) in [7, 11) is 1.84. The molecule has 0 aliphatic heterocycles. The van der Waals surface area contributed by atoms with E-state index in [0.29, 0.717) is 19.5 Å². The fourth-order valence-electron chi connectivity index (χ4n) is 1.88. The zero-order valence-corrected chi connectivity index (χ0v) is 11.7. The van der Waals surface area contributed by atoms with E-state index in [4.69, 9.17) is 0 Å². The third-order valence-corrected chi connectivity index (χ3v) is 2.99. The number of benzene rings is 1. The number of nitrogens with zero attached hydrogens (tertiary/aromatic N) is 2. The smallest absolute Gasteiger partial charge is 0.221 e. The molecule has 0 aliphatic rings. The highest BCUT2D eigenvalue weighted by atomic mass is 16.1. The molecule has 0 fully saturated rings. The van der Waals surface area contributed by atoms with E-state index in [1.54, 1.807) is 0 Å². The fourth-order valence-corrected chi connectivity index (χ4v) is 1.88. The van der Waals surface area contributed by atoms with Crippen molar-refractivity contribution in [2.45, 2.75) is 12.8 Å². The van der Waals surface area contributed by atoms with E-state index in [2.05, 4.69) is 15.7 Å². The monoisotopic (exact) mass is 272 g/mol. The van der Waals surface area contributed by atoms with Gasteiger partial charge in [-0.2, -0.15) is 5.10 Å². The molecule has 0 radical (unpaired) electrons. The van der Waals surface area contributed by atoms with Crippen molar-refractivity contribution in [1.82, 2.24) is 20.4 Å². The topological polar surface area (TPSA) is 59.0 Å². The highest BCUT2D eigenvalue weighted by molar-refractivity contribution is 5.76. The van der Waals surface area contributed by atoms with Crippen molar-refractivity contribution >= 4 is 5.91 Å². The van der Waals surface area contributed by atoms with Crippen molar-refractivity contribution in [1.29, 1.82) is 0 Å². The Balaban J connectivity index is 1.80. The summed E-state index contributed by atoms with van der Waals surface area (Å²) < 4.78 is 1.85. The molecule has 20 heavy (non-hydrogen) atoms. The van der Waals surface area contributed by atoms with Gasteiger partial charge in [0.15, 0.2) is 0 Å². The van der Waals surface area contributed by atoms with E-state index >= 15 is 0 Å². The number of aromatic nitrogens is 2. The Hall–Kier alpha value is -2.14. The molecule has 0 spiro atoms. The second-order valence-electron chi connectivity index (χ2n) is 4.58. The average molecular weight is 272 g/mol. The number of nitrogens with one attached hydrogen (secondary N) is 2. The molecule has 0 aliphatic carbocycles. The molecule has 0 bridgehead atoms. The largest absolute Gasteiger partial charge is 0.356 e. The van der Waals surface area contributed by atoms with E-state index in [1.807, 2.05) is 54.5 Å². The lowest BCUT2D eigenvalue weighted by Gasteiger charge is -2.03. The number of carbonyl (C=O) groups is 1. The van der Waals surface area contributed by atoms with Gasteiger partial charge in [0.05, 0.1) is 11.9 Å². The van der Waals surface area contributed by atoms with Crippen LogP contribution in [0, 0.1) is 0 Å². The first-order valence-electron chi connectivity index (χ1n) is 6.80. The predicted molar refractivity (Wildman–Crippen MR) is 78.8 cm³/mol. The van der Waals surface area contributed by atoms with Crippen LogP contribution in [0.25, 0.3) is 5.69 Å². The lowest BCUT2D eigenvalue weighted by atomic mass is 10.2. The minimum atomic E-state index is 0.0785. The number of carbonyl (C=O) groups excluding carboxylic acids is 1. The van der Waals surface area contributed by atoms with E-state index in [1.165, 1.54) is 0 Å². The van der Waals surface area contributed by atoms with Gasteiger partial charge in [0.2, 0.25) is 5.91 Å². The molecule has 5 nitrogen and oxygen atoms in total. The minimum absolute atomic E-state index is 0.0785. The Morgan fingerprint density at radius 1 is 1.25 bits per heavy atom. The Morgan fingerprint density at radius 3 is 2.80 bits per heavy atom. The summed E-state index contributed by atoms with van der Waals surface area (Å²) in [5.74, 6) is 0.0785. The lowest BCUT2D eigenvalue weighted by molar-refractivity contribution is -0.120. The Bertz CT molecular complexity index is 536. The van der Waals surface area contributed by atoms with Gasteiger partial charge in [-0.1, -0.05) is 18.2 Å². The normalized spacial score (nSPS) is 10.4. The zero-order chi connectivity index (χ0) is 14.2. The Labute approximate surface area is 119 Å². The number of rotatable bonds is 7. The van der Waals surface area contributed by atoms with Gasteiger partial charge < -0.3 is 10.6 Å². The van der Waals surface area contributed by atoms with Gasteiger partial charge in [0, 0.05) is 25.7 Å². The molecule has 0 unspecified atom stereocenters. The van der Waals surface area contributed by atoms with Gasteiger partial charge in [0.25, 0.3) is 0 Å². The van der Waals surface area contributed by atoms with Crippen molar-refractivity contribution in [3.05, 3.63) is 48.3 Å². The Morgan fingerprint density at radius 2 is 2.05 bits per heavy atom. The molecule has 1 aromatic heterocycles. The van der Waals surface area contributed by atoms with Crippen molar-refractivity contribution in [3.63, 3.8) is 0 Å². The maximum atomic E-state index is 11.4. The molecule has 0 saturated carbocycles. The van der Waals surface area contributed by atoms with Crippen molar-refractivity contribution in [3.8, 4) is 5.69 Å². The van der Waals surface area contributed by atoms with Crippen LogP contribution < -0.4 is 10.6 Å². The molecule has 2 N–H and O–H groups in total. The summed E-state index contributed by atoms with van der Waals surface area (Å²) in [6, 6.07) is 9.97. The van der Waals surface area contributed by atoms with Gasteiger partial charge in [-0.15, -0.1) is 0 Å². The van der Waals surface area contributed by atoms with Gasteiger partial charge in [0.1, 0.15) is 0 Å². The quantitative estimate of drug-likeness (QED) is 0.794. The van der Waals surface area contributed by atoms with E-state index < -0.39 is 0 Å². The molecule has 2 aromatic rings. The van der Waals surface area contributed by atoms with E-state index in [9.17, 15) is 4.79 Å². The van der Waals surface area contributed by atoms with Crippen LogP contribution in [0.5, 0.6) is 0 Å². The number of para-hydroxylation sites is 1. The SMILES string of the molecule is CNCCC(=O)NCCc1cnn(-c2ccccc2)c1. The molecule has 1 amide bonds. The minimum Gasteiger partial charge on any atom is -0.356 e. The predicted octanol–water partition coefficient (Wildman–Crippen LogP) is 1.14. The van der Waals surface area contributed by atoms with Crippen LogP contribution in [-0.4, -0.2) is 35.8 Å². The highest BCUT2D eigenvalue weighted by Crippen LogP contribution is 2.07. The maximum Gasteiger partial charge on any atom is 0.221 e. The van der Waals surface area contributed by atoms with E-state index in [-0.39, 0.29) is 5.91 Å². The molecule has 1 aromatic carbocycles. The van der Waals surface area contributed by atoms with Crippen molar-refractivity contribution in [2.75, 3.05) is 20.1 Å². The molecule has 5 heteroatoms. The first kappa shape index (κ1) is 14.3. The van der Waals surface area contributed by atoms with Gasteiger partial charge >= 0.3 is 0 Å². The van der Waals surface area contributed by atoms with Crippen LogP contribution in [0.4, 0.5) is 0 Å². The molecular weight excluding hydrogens is 252 g/mol. The third kappa shape index (κ3) is 4.20. The standard InChI is InChI=1S/C15H20N4O/c1-16-9-8-15(20)17-10-7-13-11-18-19(12-13)14-5-3-2-4-6-14/h2-6,11-12,16H,7-10H2,1H3,(H,17,20).